The Kier molecular flexibility index (Phi) is 5.69. The fraction of sp³-hybridized carbons (Fsp3) is 0.412. The molecule has 1 saturated heterocycles. The predicted octanol–water partition coefficient (Wildman–Crippen LogP) is 2.10. The van der Waals surface area contributed by atoms with Crippen molar-refractivity contribution >= 4 is 27.3 Å². The molecule has 2 heterocycles. The summed E-state index contributed by atoms with van der Waals surface area (Å²) >= 11 is 1.54. The Labute approximate surface area is 156 Å². The van der Waals surface area contributed by atoms with E-state index in [0.717, 1.165) is 21.1 Å². The van der Waals surface area contributed by atoms with Crippen molar-refractivity contribution in [2.45, 2.75) is 37.1 Å². The number of aryl methyl sites for hydroxylation is 1. The zero-order valence-electron chi connectivity index (χ0n) is 14.3. The van der Waals surface area contributed by atoms with Crippen molar-refractivity contribution in [3.05, 3.63) is 46.2 Å². The van der Waals surface area contributed by atoms with Crippen LogP contribution in [0.15, 0.2) is 34.5 Å². The molecule has 0 radical (unpaired) electrons. The maximum Gasteiger partial charge on any atom is 0.246 e. The summed E-state index contributed by atoms with van der Waals surface area (Å²) in [6.07, 6.45) is 1.58. The van der Waals surface area contributed by atoms with Gasteiger partial charge in [-0.15, -0.1) is 11.3 Å². The van der Waals surface area contributed by atoms with Crippen LogP contribution < -0.4 is 5.32 Å². The van der Waals surface area contributed by atoms with E-state index in [9.17, 15) is 17.6 Å². The number of nitrogens with one attached hydrogen (secondary N) is 1. The van der Waals surface area contributed by atoms with Crippen LogP contribution in [0.3, 0.4) is 0 Å². The van der Waals surface area contributed by atoms with Crippen LogP contribution in [0, 0.1) is 12.7 Å². The van der Waals surface area contributed by atoms with Crippen molar-refractivity contribution in [1.82, 2.24) is 14.6 Å². The molecule has 9 heteroatoms. The van der Waals surface area contributed by atoms with Gasteiger partial charge in [0.1, 0.15) is 16.8 Å². The molecule has 1 aromatic carbocycles. The minimum Gasteiger partial charge on any atom is -0.354 e. The third-order valence-corrected chi connectivity index (χ3v) is 7.04. The van der Waals surface area contributed by atoms with E-state index in [2.05, 4.69) is 10.3 Å². The van der Waals surface area contributed by atoms with Gasteiger partial charge in [-0.2, -0.15) is 4.31 Å². The van der Waals surface area contributed by atoms with E-state index in [-0.39, 0.29) is 12.5 Å². The van der Waals surface area contributed by atoms with Crippen molar-refractivity contribution in [2.24, 2.45) is 0 Å². The Morgan fingerprint density at radius 2 is 2.19 bits per heavy atom. The minimum absolute atomic E-state index is 0.208. The minimum atomic E-state index is -4.05. The first-order valence-electron chi connectivity index (χ1n) is 8.34. The smallest absolute Gasteiger partial charge is 0.246 e. The van der Waals surface area contributed by atoms with E-state index in [1.807, 2.05) is 12.3 Å². The highest BCUT2D eigenvalue weighted by molar-refractivity contribution is 7.89. The van der Waals surface area contributed by atoms with Gasteiger partial charge >= 0.3 is 0 Å². The van der Waals surface area contributed by atoms with Gasteiger partial charge in [0.15, 0.2) is 0 Å². The summed E-state index contributed by atoms with van der Waals surface area (Å²) in [5.41, 5.74) is 0.898. The normalized spacial score (nSPS) is 18.2. The fourth-order valence-corrected chi connectivity index (χ4v) is 5.40. The summed E-state index contributed by atoms with van der Waals surface area (Å²) in [7, 11) is -4.05. The summed E-state index contributed by atoms with van der Waals surface area (Å²) < 4.78 is 40.6. The molecule has 1 unspecified atom stereocenters. The molecular formula is C17H20FN3O3S2. The van der Waals surface area contributed by atoms with Gasteiger partial charge in [0, 0.05) is 24.9 Å². The number of sulfonamides is 1. The highest BCUT2D eigenvalue weighted by atomic mass is 32.2. The van der Waals surface area contributed by atoms with E-state index < -0.39 is 26.8 Å². The second-order valence-electron chi connectivity index (χ2n) is 6.10. The standard InChI is InChI=1S/C17H20FN3O3S2/c1-12-20-13(11-25-12)8-9-19-17(22)15-6-4-10-21(15)26(23,24)16-7-3-2-5-14(16)18/h2-3,5,7,11,15H,4,6,8-10H2,1H3,(H,19,22). The Morgan fingerprint density at radius 1 is 1.42 bits per heavy atom. The van der Waals surface area contributed by atoms with Crippen LogP contribution in [-0.4, -0.2) is 42.7 Å². The summed E-state index contributed by atoms with van der Waals surface area (Å²) in [6.45, 7) is 2.50. The molecule has 0 bridgehead atoms. The zero-order chi connectivity index (χ0) is 18.7. The van der Waals surface area contributed by atoms with E-state index in [1.54, 1.807) is 11.3 Å². The number of halogens is 1. The molecule has 1 atom stereocenters. The van der Waals surface area contributed by atoms with Crippen molar-refractivity contribution in [3.8, 4) is 0 Å². The summed E-state index contributed by atoms with van der Waals surface area (Å²) in [5.74, 6) is -1.16. The van der Waals surface area contributed by atoms with Crippen LogP contribution in [0.5, 0.6) is 0 Å². The SMILES string of the molecule is Cc1nc(CCNC(=O)C2CCCN2S(=O)(=O)c2ccccc2F)cs1. The second-order valence-corrected chi connectivity index (χ2v) is 9.02. The zero-order valence-corrected chi connectivity index (χ0v) is 15.9. The topological polar surface area (TPSA) is 79.4 Å². The second kappa shape index (κ2) is 7.81. The lowest BCUT2D eigenvalue weighted by Crippen LogP contribution is -2.46. The van der Waals surface area contributed by atoms with E-state index in [0.29, 0.717) is 25.8 Å². The molecule has 1 aliphatic rings. The van der Waals surface area contributed by atoms with Gasteiger partial charge in [0.25, 0.3) is 0 Å². The third kappa shape index (κ3) is 3.94. The molecule has 0 saturated carbocycles. The average molecular weight is 397 g/mol. The Balaban J connectivity index is 1.67. The average Bonchev–Trinajstić information content (AvgIpc) is 3.24. The van der Waals surface area contributed by atoms with E-state index in [1.165, 1.54) is 18.2 Å². The lowest BCUT2D eigenvalue weighted by molar-refractivity contribution is -0.124. The van der Waals surface area contributed by atoms with Crippen LogP contribution in [0.25, 0.3) is 0 Å². The van der Waals surface area contributed by atoms with Gasteiger partial charge < -0.3 is 5.32 Å². The number of hydrogen-bond acceptors (Lipinski definition) is 5. The van der Waals surface area contributed by atoms with Gasteiger partial charge in [0.05, 0.1) is 10.7 Å². The Hall–Kier alpha value is -1.84. The van der Waals surface area contributed by atoms with Crippen LogP contribution in [0.2, 0.25) is 0 Å². The summed E-state index contributed by atoms with van der Waals surface area (Å²) in [5, 5.41) is 5.68. The van der Waals surface area contributed by atoms with Gasteiger partial charge in [-0.05, 0) is 31.9 Å². The lowest BCUT2D eigenvalue weighted by atomic mass is 10.2. The third-order valence-electron chi connectivity index (χ3n) is 4.28. The Bertz CT molecular complexity index is 898. The first-order valence-corrected chi connectivity index (χ1v) is 10.7. The van der Waals surface area contributed by atoms with Crippen LogP contribution in [0.1, 0.15) is 23.5 Å². The lowest BCUT2D eigenvalue weighted by Gasteiger charge is -2.23. The highest BCUT2D eigenvalue weighted by Gasteiger charge is 2.40. The molecule has 0 aliphatic carbocycles. The predicted molar refractivity (Wildman–Crippen MR) is 96.9 cm³/mol. The highest BCUT2D eigenvalue weighted by Crippen LogP contribution is 2.27. The molecule has 1 aromatic heterocycles. The summed E-state index contributed by atoms with van der Waals surface area (Å²) in [6, 6.07) is 4.42. The molecule has 1 amide bonds. The number of aromatic nitrogens is 1. The van der Waals surface area contributed by atoms with Gasteiger partial charge in [-0.25, -0.2) is 17.8 Å². The van der Waals surface area contributed by atoms with Gasteiger partial charge in [-0.1, -0.05) is 12.1 Å². The molecule has 26 heavy (non-hydrogen) atoms. The van der Waals surface area contributed by atoms with Crippen molar-refractivity contribution < 1.29 is 17.6 Å². The molecule has 1 N–H and O–H groups in total. The molecule has 1 aliphatic heterocycles. The number of benzene rings is 1. The quantitative estimate of drug-likeness (QED) is 0.810. The fourth-order valence-electron chi connectivity index (χ4n) is 3.02. The van der Waals surface area contributed by atoms with Crippen molar-refractivity contribution in [2.75, 3.05) is 13.1 Å². The first-order chi connectivity index (χ1) is 12.4. The number of carbonyl (C=O) groups excluding carboxylic acids is 1. The van der Waals surface area contributed by atoms with E-state index >= 15 is 0 Å². The largest absolute Gasteiger partial charge is 0.354 e. The maximum atomic E-state index is 13.9. The molecule has 0 spiro atoms. The van der Waals surface area contributed by atoms with Crippen molar-refractivity contribution in [3.63, 3.8) is 0 Å². The number of thiazole rings is 1. The molecule has 2 aromatic rings. The molecule has 3 rings (SSSR count). The number of carbonyl (C=O) groups is 1. The van der Waals surface area contributed by atoms with Crippen LogP contribution >= 0.6 is 11.3 Å². The first kappa shape index (κ1) is 18.9. The number of nitrogens with zero attached hydrogens (tertiary/aromatic N) is 2. The molecular weight excluding hydrogens is 377 g/mol. The molecule has 1 fully saturated rings. The number of amides is 1. The molecule has 140 valence electrons. The van der Waals surface area contributed by atoms with Crippen molar-refractivity contribution in [1.29, 1.82) is 0 Å². The number of rotatable bonds is 6. The van der Waals surface area contributed by atoms with Gasteiger partial charge in [0.2, 0.25) is 15.9 Å². The van der Waals surface area contributed by atoms with E-state index in [4.69, 9.17) is 0 Å². The van der Waals surface area contributed by atoms with Crippen LogP contribution in [0.4, 0.5) is 4.39 Å². The monoisotopic (exact) mass is 397 g/mol. The number of hydrogen-bond donors (Lipinski definition) is 1. The summed E-state index contributed by atoms with van der Waals surface area (Å²) in [4.78, 5) is 16.4. The Morgan fingerprint density at radius 3 is 2.88 bits per heavy atom. The van der Waals surface area contributed by atoms with Gasteiger partial charge in [-0.3, -0.25) is 4.79 Å². The van der Waals surface area contributed by atoms with Crippen LogP contribution in [-0.2, 0) is 21.2 Å². The molecule has 6 nitrogen and oxygen atoms in total. The maximum absolute atomic E-state index is 13.9.